The van der Waals surface area contributed by atoms with Crippen LogP contribution in [0.5, 0.6) is 0 Å². The van der Waals surface area contributed by atoms with Crippen LogP contribution in [0.2, 0.25) is 0 Å². The molecule has 86 valence electrons. The Balaban J connectivity index is -0.0000000522. The quantitative estimate of drug-likeness (QED) is 0.752. The second-order valence-electron chi connectivity index (χ2n) is 3.35. The van der Waals surface area contributed by atoms with E-state index in [9.17, 15) is 10.2 Å². The first-order valence-electron chi connectivity index (χ1n) is 4.73. The summed E-state index contributed by atoms with van der Waals surface area (Å²) in [6.45, 7) is 10.2. The molecule has 0 aromatic heterocycles. The minimum atomic E-state index is -0.417. The molecule has 0 amide bonds. The van der Waals surface area contributed by atoms with E-state index in [2.05, 4.69) is 0 Å². The molecule has 0 saturated heterocycles. The van der Waals surface area contributed by atoms with E-state index in [-0.39, 0.29) is 32.3 Å². The van der Waals surface area contributed by atoms with E-state index in [0.717, 1.165) is 6.42 Å². The van der Waals surface area contributed by atoms with Crippen molar-refractivity contribution in [1.29, 1.82) is 0 Å². The molecule has 0 aromatic rings. The third-order valence-electron chi connectivity index (χ3n) is 0.591. The molecule has 4 heteroatoms. The molecule has 0 saturated carbocycles. The van der Waals surface area contributed by atoms with Crippen molar-refractivity contribution in [2.45, 2.75) is 66.3 Å². The Labute approximate surface area is 108 Å². The summed E-state index contributed by atoms with van der Waals surface area (Å²) in [5.74, 6) is 0. The predicted octanol–water partition coefficient (Wildman–Crippen LogP) is 0.285. The first-order valence-corrected chi connectivity index (χ1v) is 4.73. The Kier molecular flexibility index (Phi) is 33.4. The minimum absolute atomic E-state index is 0. The second-order valence-corrected chi connectivity index (χ2v) is 3.35. The van der Waals surface area contributed by atoms with Crippen molar-refractivity contribution in [3.8, 4) is 0 Å². The topological polar surface area (TPSA) is 66.3 Å². The molecule has 14 heavy (non-hydrogen) atoms. The van der Waals surface area contributed by atoms with Gasteiger partial charge in [-0.25, -0.2) is 0 Å². The maximum Gasteiger partial charge on any atom is 2.00 e. The molecule has 0 spiro atoms. The van der Waals surface area contributed by atoms with Gasteiger partial charge in [-0.1, -0.05) is 34.6 Å². The van der Waals surface area contributed by atoms with Crippen molar-refractivity contribution in [1.82, 2.24) is 0 Å². The molecule has 0 aliphatic carbocycles. The zero-order valence-corrected chi connectivity index (χ0v) is 12.7. The first kappa shape index (κ1) is 24.1. The van der Waals surface area contributed by atoms with Crippen molar-refractivity contribution < 1.29 is 41.5 Å². The van der Waals surface area contributed by atoms with Crippen molar-refractivity contribution in [3.63, 3.8) is 0 Å². The summed E-state index contributed by atoms with van der Waals surface area (Å²) in [7, 11) is 0. The standard InChI is InChI=1S/C4H10O.2C3H7O.Zr/c1-3-4(2)5;2*1-3(2)4;/h4-5H,3H2,1-2H3;2*3H,1-2H3;/q;2*-1;+2. The van der Waals surface area contributed by atoms with Crippen molar-refractivity contribution in [3.05, 3.63) is 0 Å². The molecule has 0 aromatic carbocycles. The fourth-order valence-corrected chi connectivity index (χ4v) is 0. The molecule has 0 radical (unpaired) electrons. The number of hydrogen-bond donors (Lipinski definition) is 1. The molecule has 1 N–H and O–H groups in total. The zero-order chi connectivity index (χ0) is 11.4. The van der Waals surface area contributed by atoms with Gasteiger partial charge in [0.25, 0.3) is 0 Å². The molecular formula is C10H24O3Zr. The molecule has 0 aliphatic rings. The molecule has 1 unspecified atom stereocenters. The monoisotopic (exact) mass is 282 g/mol. The summed E-state index contributed by atoms with van der Waals surface area (Å²) >= 11 is 0. The molecule has 0 rings (SSSR count). The second kappa shape index (κ2) is 19.4. The average Bonchev–Trinajstić information content (AvgIpc) is 1.84. The van der Waals surface area contributed by atoms with Crippen molar-refractivity contribution in [2.75, 3.05) is 0 Å². The van der Waals surface area contributed by atoms with Gasteiger partial charge in [0.2, 0.25) is 0 Å². The van der Waals surface area contributed by atoms with Gasteiger partial charge in [-0.3, -0.25) is 0 Å². The summed E-state index contributed by atoms with van der Waals surface area (Å²) < 4.78 is 0. The van der Waals surface area contributed by atoms with Crippen molar-refractivity contribution in [2.24, 2.45) is 0 Å². The van der Waals surface area contributed by atoms with Crippen LogP contribution in [0, 0.1) is 0 Å². The maximum absolute atomic E-state index is 9.53. The van der Waals surface area contributed by atoms with E-state index >= 15 is 0 Å². The first-order chi connectivity index (χ1) is 5.73. The van der Waals surface area contributed by atoms with Crippen LogP contribution in [0.1, 0.15) is 48.0 Å². The van der Waals surface area contributed by atoms with E-state index < -0.39 is 12.2 Å². The van der Waals surface area contributed by atoms with Crippen LogP contribution in [-0.4, -0.2) is 23.4 Å². The molecule has 1 atom stereocenters. The fraction of sp³-hybridized carbons (Fsp3) is 1.00. The summed E-state index contributed by atoms with van der Waals surface area (Å²) in [5.41, 5.74) is 0. The van der Waals surface area contributed by atoms with Gasteiger partial charge in [0.05, 0.1) is 6.10 Å². The van der Waals surface area contributed by atoms with E-state index in [4.69, 9.17) is 5.11 Å². The van der Waals surface area contributed by atoms with Gasteiger partial charge in [0.15, 0.2) is 0 Å². The van der Waals surface area contributed by atoms with Crippen LogP contribution in [0.15, 0.2) is 0 Å². The van der Waals surface area contributed by atoms with Crippen LogP contribution >= 0.6 is 0 Å². The Hall–Kier alpha value is 0.763. The Morgan fingerprint density at radius 1 is 0.929 bits per heavy atom. The largest absolute Gasteiger partial charge is 2.00 e. The van der Waals surface area contributed by atoms with E-state index in [1.54, 1.807) is 34.6 Å². The summed E-state index contributed by atoms with van der Waals surface area (Å²) in [5, 5.41) is 27.4. The fourth-order valence-electron chi connectivity index (χ4n) is 0. The molecule has 3 nitrogen and oxygen atoms in total. The number of hydrogen-bond acceptors (Lipinski definition) is 3. The summed E-state index contributed by atoms with van der Waals surface area (Å²) in [4.78, 5) is 0. The van der Waals surface area contributed by atoms with Gasteiger partial charge < -0.3 is 15.3 Å². The third kappa shape index (κ3) is 231. The molecular weight excluding hydrogens is 259 g/mol. The van der Waals surface area contributed by atoms with Gasteiger partial charge in [-0.05, 0) is 13.3 Å². The minimum Gasteiger partial charge on any atom is -0.852 e. The van der Waals surface area contributed by atoms with Crippen LogP contribution in [0.25, 0.3) is 0 Å². The normalized spacial score (nSPS) is 10.5. The Bertz CT molecular complexity index is 64.3. The SMILES string of the molecule is CC(C)[O-].CC(C)[O-].CCC(C)O.[Zr+2]. The van der Waals surface area contributed by atoms with Gasteiger partial charge in [0.1, 0.15) is 0 Å². The molecule has 0 fully saturated rings. The van der Waals surface area contributed by atoms with E-state index in [1.165, 1.54) is 0 Å². The zero-order valence-electron chi connectivity index (χ0n) is 10.2. The molecule has 0 bridgehead atoms. The number of aliphatic hydroxyl groups is 1. The predicted molar refractivity (Wildman–Crippen MR) is 52.2 cm³/mol. The Morgan fingerprint density at radius 3 is 1.00 bits per heavy atom. The maximum atomic E-state index is 9.53. The number of rotatable bonds is 1. The van der Waals surface area contributed by atoms with E-state index in [0.29, 0.717) is 0 Å². The van der Waals surface area contributed by atoms with Gasteiger partial charge in [-0.15, -0.1) is 12.2 Å². The van der Waals surface area contributed by atoms with Crippen molar-refractivity contribution >= 4 is 0 Å². The molecule has 0 heterocycles. The smallest absolute Gasteiger partial charge is 0.852 e. The van der Waals surface area contributed by atoms with E-state index in [1.807, 2.05) is 6.92 Å². The van der Waals surface area contributed by atoms with Crippen LogP contribution < -0.4 is 10.2 Å². The molecule has 0 aliphatic heterocycles. The van der Waals surface area contributed by atoms with Gasteiger partial charge in [-0.2, -0.15) is 0 Å². The van der Waals surface area contributed by atoms with Crippen LogP contribution in [0.3, 0.4) is 0 Å². The summed E-state index contributed by atoms with van der Waals surface area (Å²) in [6.07, 6.45) is -0.0880. The van der Waals surface area contributed by atoms with Crippen LogP contribution in [-0.2, 0) is 26.2 Å². The average molecular weight is 284 g/mol. The number of aliphatic hydroxyl groups excluding tert-OH is 1. The van der Waals surface area contributed by atoms with Gasteiger partial charge >= 0.3 is 26.2 Å². The van der Waals surface area contributed by atoms with Crippen LogP contribution in [0.4, 0.5) is 0 Å². The summed E-state index contributed by atoms with van der Waals surface area (Å²) in [6, 6.07) is 0. The van der Waals surface area contributed by atoms with Gasteiger partial charge in [0, 0.05) is 0 Å². The Morgan fingerprint density at radius 2 is 1.00 bits per heavy atom. The third-order valence-corrected chi connectivity index (χ3v) is 0.591.